The van der Waals surface area contributed by atoms with Gasteiger partial charge in [-0.2, -0.15) is 0 Å². The first-order chi connectivity index (χ1) is 15.0. The van der Waals surface area contributed by atoms with Gasteiger partial charge in [0.25, 0.3) is 5.56 Å². The van der Waals surface area contributed by atoms with Gasteiger partial charge in [0.1, 0.15) is 12.3 Å². The molecule has 1 aliphatic rings. The molecule has 1 amide bonds. The maximum absolute atomic E-state index is 12.7. The number of benzene rings is 1. The van der Waals surface area contributed by atoms with E-state index in [-0.39, 0.29) is 23.8 Å². The van der Waals surface area contributed by atoms with E-state index in [9.17, 15) is 14.4 Å². The van der Waals surface area contributed by atoms with E-state index in [1.54, 1.807) is 24.4 Å². The molecule has 0 saturated carbocycles. The minimum absolute atomic E-state index is 0.0850. The lowest BCUT2D eigenvalue weighted by atomic mass is 10.2. The van der Waals surface area contributed by atoms with Gasteiger partial charge in [-0.25, -0.2) is 9.78 Å². The van der Waals surface area contributed by atoms with Crippen molar-refractivity contribution in [3.63, 3.8) is 0 Å². The van der Waals surface area contributed by atoms with Crippen molar-refractivity contribution >= 4 is 29.3 Å². The molecule has 0 atom stereocenters. The topological polar surface area (TPSA) is 81.0 Å². The molecule has 3 heterocycles. The first-order valence-corrected chi connectivity index (χ1v) is 11.2. The number of thioether (sulfide) groups is 1. The van der Waals surface area contributed by atoms with Crippen LogP contribution in [-0.4, -0.2) is 45.0 Å². The number of ether oxygens (including phenoxy) is 1. The Labute approximate surface area is 184 Å². The number of aryl methyl sites for hydroxylation is 1. The van der Waals surface area contributed by atoms with Crippen LogP contribution in [0.15, 0.2) is 58.4 Å². The molecule has 2 aromatic heterocycles. The van der Waals surface area contributed by atoms with Gasteiger partial charge < -0.3 is 9.64 Å². The number of pyridine rings is 1. The number of nitrogens with zero attached hydrogens (tertiary/aromatic N) is 3. The smallest absolute Gasteiger partial charge is 0.339 e. The number of fused-ring (bicyclic) bond motifs is 1. The highest BCUT2D eigenvalue weighted by Crippen LogP contribution is 2.24. The summed E-state index contributed by atoms with van der Waals surface area (Å²) in [6.45, 7) is 3.41. The molecule has 0 bridgehead atoms. The molecule has 0 spiro atoms. The van der Waals surface area contributed by atoms with Crippen molar-refractivity contribution in [1.29, 1.82) is 0 Å². The molecule has 8 heteroatoms. The second-order valence-electron chi connectivity index (χ2n) is 7.47. The van der Waals surface area contributed by atoms with Crippen molar-refractivity contribution in [2.45, 2.75) is 31.3 Å². The number of likely N-dealkylation sites (tertiary alicyclic amines) is 1. The Bertz CT molecular complexity index is 1180. The number of aromatic nitrogens is 2. The van der Waals surface area contributed by atoms with Crippen molar-refractivity contribution in [2.75, 3.05) is 18.8 Å². The normalized spacial score (nSPS) is 13.5. The molecule has 31 heavy (non-hydrogen) atoms. The van der Waals surface area contributed by atoms with E-state index in [1.165, 1.54) is 22.2 Å². The summed E-state index contributed by atoms with van der Waals surface area (Å²) in [6.07, 6.45) is 3.81. The number of rotatable bonds is 6. The lowest BCUT2D eigenvalue weighted by Crippen LogP contribution is -2.29. The van der Waals surface area contributed by atoms with Crippen molar-refractivity contribution in [3.05, 3.63) is 75.8 Å². The van der Waals surface area contributed by atoms with E-state index < -0.39 is 5.97 Å². The van der Waals surface area contributed by atoms with E-state index in [0.29, 0.717) is 21.8 Å². The van der Waals surface area contributed by atoms with Crippen LogP contribution in [0.5, 0.6) is 0 Å². The van der Waals surface area contributed by atoms with Crippen molar-refractivity contribution in [3.8, 4) is 0 Å². The maximum Gasteiger partial charge on any atom is 0.339 e. The van der Waals surface area contributed by atoms with Crippen LogP contribution >= 0.6 is 11.8 Å². The summed E-state index contributed by atoms with van der Waals surface area (Å²) in [7, 11) is 0. The lowest BCUT2D eigenvalue weighted by Gasteiger charge is -2.15. The van der Waals surface area contributed by atoms with Gasteiger partial charge in [-0.3, -0.25) is 14.0 Å². The number of amides is 1. The summed E-state index contributed by atoms with van der Waals surface area (Å²) in [5.41, 5.74) is 2.01. The first-order valence-electron chi connectivity index (χ1n) is 10.2. The monoisotopic (exact) mass is 437 g/mol. The van der Waals surface area contributed by atoms with Crippen LogP contribution < -0.4 is 5.56 Å². The Kier molecular flexibility index (Phi) is 6.36. The number of hydrogen-bond donors (Lipinski definition) is 0. The third-order valence-corrected chi connectivity index (χ3v) is 6.19. The fraction of sp³-hybridized carbons (Fsp3) is 0.304. The van der Waals surface area contributed by atoms with Gasteiger partial charge >= 0.3 is 5.97 Å². The molecule has 1 saturated heterocycles. The zero-order valence-corrected chi connectivity index (χ0v) is 18.1. The summed E-state index contributed by atoms with van der Waals surface area (Å²) in [6, 6.07) is 12.1. The van der Waals surface area contributed by atoms with E-state index >= 15 is 0 Å². The molecule has 0 radical (unpaired) electrons. The Balaban J connectivity index is 1.43. The van der Waals surface area contributed by atoms with Crippen LogP contribution in [0, 0.1) is 6.92 Å². The maximum atomic E-state index is 12.7. The molecule has 1 fully saturated rings. The van der Waals surface area contributed by atoms with Crippen LogP contribution in [0.2, 0.25) is 0 Å². The average Bonchev–Trinajstić information content (AvgIpc) is 3.32. The Morgan fingerprint density at radius 2 is 1.90 bits per heavy atom. The minimum Gasteiger partial charge on any atom is -0.456 e. The second-order valence-corrected chi connectivity index (χ2v) is 8.49. The van der Waals surface area contributed by atoms with Crippen LogP contribution in [0.25, 0.3) is 5.65 Å². The number of carbonyl (C=O) groups excluding carboxylic acids is 2. The molecule has 3 aromatic rings. The van der Waals surface area contributed by atoms with Crippen LogP contribution in [0.3, 0.4) is 0 Å². The average molecular weight is 438 g/mol. The zero-order valence-electron chi connectivity index (χ0n) is 17.2. The van der Waals surface area contributed by atoms with E-state index in [2.05, 4.69) is 4.98 Å². The first kappa shape index (κ1) is 21.1. The molecule has 1 aliphatic heterocycles. The molecule has 1 aromatic carbocycles. The van der Waals surface area contributed by atoms with Gasteiger partial charge in [-0.05, 0) is 43.5 Å². The molecule has 0 unspecified atom stereocenters. The highest BCUT2D eigenvalue weighted by molar-refractivity contribution is 8.00. The number of hydrogen-bond acceptors (Lipinski definition) is 6. The fourth-order valence-corrected chi connectivity index (χ4v) is 4.45. The summed E-state index contributed by atoms with van der Waals surface area (Å²) >= 11 is 1.34. The zero-order chi connectivity index (χ0) is 21.8. The highest BCUT2D eigenvalue weighted by atomic mass is 32.2. The fourth-order valence-electron chi connectivity index (χ4n) is 3.51. The molecule has 4 rings (SSSR count). The molecular weight excluding hydrogens is 414 g/mol. The third-order valence-electron chi connectivity index (χ3n) is 5.13. The second kappa shape index (κ2) is 9.34. The Morgan fingerprint density at radius 3 is 2.71 bits per heavy atom. The van der Waals surface area contributed by atoms with Gasteiger partial charge in [-0.15, -0.1) is 11.8 Å². The van der Waals surface area contributed by atoms with Crippen molar-refractivity contribution < 1.29 is 14.3 Å². The summed E-state index contributed by atoms with van der Waals surface area (Å²) < 4.78 is 6.89. The quantitative estimate of drug-likeness (QED) is 0.436. The summed E-state index contributed by atoms with van der Waals surface area (Å²) in [5.74, 6) is -0.142. The van der Waals surface area contributed by atoms with Crippen molar-refractivity contribution in [2.24, 2.45) is 0 Å². The SMILES string of the molecule is Cc1ccc2nc(COC(=O)c3ccccc3SCC(=O)N3CCCC3)cc(=O)n2c1. The molecular formula is C23H23N3O4S. The lowest BCUT2D eigenvalue weighted by molar-refractivity contribution is -0.127. The van der Waals surface area contributed by atoms with Gasteiger partial charge in [0.05, 0.1) is 17.0 Å². The summed E-state index contributed by atoms with van der Waals surface area (Å²) in [4.78, 5) is 44.3. The predicted octanol–water partition coefficient (Wildman–Crippen LogP) is 3.07. The Hall–Kier alpha value is -3.13. The van der Waals surface area contributed by atoms with E-state index in [0.717, 1.165) is 31.5 Å². The Morgan fingerprint density at radius 1 is 1.13 bits per heavy atom. The molecule has 160 valence electrons. The van der Waals surface area contributed by atoms with Gasteiger partial charge in [0.15, 0.2) is 0 Å². The van der Waals surface area contributed by atoms with Gasteiger partial charge in [-0.1, -0.05) is 18.2 Å². The van der Waals surface area contributed by atoms with Crippen LogP contribution in [-0.2, 0) is 16.1 Å². The standard InChI is InChI=1S/C23H23N3O4S/c1-16-8-9-20-24-17(12-21(27)26(20)13-16)14-30-23(29)18-6-2-3-7-19(18)31-15-22(28)25-10-4-5-11-25/h2-3,6-9,12-13H,4-5,10-11,14-15H2,1H3. The number of esters is 1. The minimum atomic E-state index is -0.511. The number of carbonyl (C=O) groups is 2. The molecule has 0 N–H and O–H groups in total. The highest BCUT2D eigenvalue weighted by Gasteiger charge is 2.20. The third kappa shape index (κ3) is 4.96. The van der Waals surface area contributed by atoms with Gasteiger partial charge in [0, 0.05) is 30.2 Å². The molecule has 0 aliphatic carbocycles. The van der Waals surface area contributed by atoms with E-state index in [4.69, 9.17) is 4.74 Å². The predicted molar refractivity (Wildman–Crippen MR) is 118 cm³/mol. The van der Waals surface area contributed by atoms with Crippen LogP contribution in [0.4, 0.5) is 0 Å². The van der Waals surface area contributed by atoms with Gasteiger partial charge in [0.2, 0.25) is 5.91 Å². The molecule has 7 nitrogen and oxygen atoms in total. The van der Waals surface area contributed by atoms with Crippen molar-refractivity contribution in [1.82, 2.24) is 14.3 Å². The van der Waals surface area contributed by atoms with Crippen LogP contribution in [0.1, 0.15) is 34.5 Å². The van der Waals surface area contributed by atoms with E-state index in [1.807, 2.05) is 30.0 Å². The summed E-state index contributed by atoms with van der Waals surface area (Å²) in [5, 5.41) is 0. The largest absolute Gasteiger partial charge is 0.456 e.